The number of ether oxygens (including phenoxy) is 1. The number of carbonyl (C=O) groups excluding carboxylic acids is 1. The van der Waals surface area contributed by atoms with Crippen molar-refractivity contribution in [2.45, 2.75) is 13.5 Å². The van der Waals surface area contributed by atoms with Gasteiger partial charge in [0.05, 0.1) is 22.0 Å². The van der Waals surface area contributed by atoms with Gasteiger partial charge in [-0.3, -0.25) is 4.79 Å². The molecule has 0 unspecified atom stereocenters. The molecule has 1 N–H and O–H groups in total. The van der Waals surface area contributed by atoms with Crippen LogP contribution in [0, 0.1) is 0 Å². The minimum Gasteiger partial charge on any atom is -0.503 e. The van der Waals surface area contributed by atoms with E-state index in [0.29, 0.717) is 18.7 Å². The monoisotopic (exact) mass is 403 g/mol. The Hall–Kier alpha value is -1.24. The molecule has 118 valence electrons. The first-order valence-corrected chi connectivity index (χ1v) is 8.56. The zero-order valence-corrected chi connectivity index (χ0v) is 15.3. The Morgan fingerprint density at radius 2 is 2.18 bits per heavy atom. The van der Waals surface area contributed by atoms with Gasteiger partial charge in [-0.1, -0.05) is 11.6 Å². The van der Waals surface area contributed by atoms with Gasteiger partial charge in [-0.15, -0.1) is 11.3 Å². The largest absolute Gasteiger partial charge is 0.503 e. The number of rotatable bonds is 5. The molecule has 0 aliphatic carbocycles. The van der Waals surface area contributed by atoms with Crippen LogP contribution in [-0.4, -0.2) is 29.6 Å². The van der Waals surface area contributed by atoms with Gasteiger partial charge in [-0.25, -0.2) is 0 Å². The zero-order valence-electron chi connectivity index (χ0n) is 12.1. The molecule has 4 nitrogen and oxygen atoms in total. The molecule has 0 spiro atoms. The molecule has 0 saturated carbocycles. The summed E-state index contributed by atoms with van der Waals surface area (Å²) in [5.74, 6) is -0.122. The number of halogens is 2. The Labute approximate surface area is 146 Å². The molecule has 1 heterocycles. The van der Waals surface area contributed by atoms with E-state index < -0.39 is 0 Å². The summed E-state index contributed by atoms with van der Waals surface area (Å²) in [6, 6.07) is 6.87. The highest BCUT2D eigenvalue weighted by Gasteiger charge is 2.18. The normalized spacial score (nSPS) is 10.5. The SMILES string of the molecule is CCOc1cc(C(=O)N(C)Cc2ccc(Br)s2)cc(Cl)c1O. The maximum Gasteiger partial charge on any atom is 0.254 e. The number of phenols is 1. The van der Waals surface area contributed by atoms with Crippen LogP contribution in [0.3, 0.4) is 0 Å². The number of phenolic OH excluding ortho intramolecular Hbond substituents is 1. The Balaban J connectivity index is 2.21. The summed E-state index contributed by atoms with van der Waals surface area (Å²) >= 11 is 10.9. The number of amides is 1. The van der Waals surface area contributed by atoms with E-state index in [0.717, 1.165) is 8.66 Å². The molecule has 1 aromatic heterocycles. The molecule has 2 rings (SSSR count). The topological polar surface area (TPSA) is 49.8 Å². The van der Waals surface area contributed by atoms with Gasteiger partial charge in [-0.05, 0) is 47.1 Å². The lowest BCUT2D eigenvalue weighted by molar-refractivity contribution is 0.0786. The van der Waals surface area contributed by atoms with Crippen molar-refractivity contribution in [2.75, 3.05) is 13.7 Å². The molecule has 7 heteroatoms. The summed E-state index contributed by atoms with van der Waals surface area (Å²) in [7, 11) is 1.72. The molecule has 0 radical (unpaired) electrons. The van der Waals surface area contributed by atoms with Gasteiger partial charge in [0, 0.05) is 17.5 Å². The fourth-order valence-electron chi connectivity index (χ4n) is 1.93. The molecule has 22 heavy (non-hydrogen) atoms. The van der Waals surface area contributed by atoms with Crippen molar-refractivity contribution in [2.24, 2.45) is 0 Å². The smallest absolute Gasteiger partial charge is 0.254 e. The number of hydrogen-bond donors (Lipinski definition) is 1. The molecular formula is C15H15BrClNO3S. The lowest BCUT2D eigenvalue weighted by Gasteiger charge is -2.17. The van der Waals surface area contributed by atoms with Crippen LogP contribution in [0.1, 0.15) is 22.2 Å². The standard InChI is InChI=1S/C15H15BrClNO3S/c1-3-21-12-7-9(6-11(17)14(12)19)15(20)18(2)8-10-4-5-13(16)22-10/h4-7,19H,3,8H2,1-2H3. The van der Waals surface area contributed by atoms with Crippen LogP contribution >= 0.6 is 38.9 Å². The fraction of sp³-hybridized carbons (Fsp3) is 0.267. The number of thiophene rings is 1. The molecule has 0 fully saturated rings. The molecular weight excluding hydrogens is 390 g/mol. The summed E-state index contributed by atoms with van der Waals surface area (Å²) in [4.78, 5) is 15.2. The number of carbonyl (C=O) groups is 1. The van der Waals surface area contributed by atoms with Gasteiger partial charge in [0.25, 0.3) is 5.91 Å². The Morgan fingerprint density at radius 3 is 2.77 bits per heavy atom. The summed E-state index contributed by atoms with van der Waals surface area (Å²) in [6.45, 7) is 2.67. The molecule has 0 atom stereocenters. The minimum absolute atomic E-state index is 0.0987. The van der Waals surface area contributed by atoms with E-state index in [9.17, 15) is 9.90 Å². The highest BCUT2D eigenvalue weighted by Crippen LogP contribution is 2.35. The zero-order chi connectivity index (χ0) is 16.3. The van der Waals surface area contributed by atoms with E-state index in [4.69, 9.17) is 16.3 Å². The maximum atomic E-state index is 12.5. The molecule has 0 aliphatic rings. The lowest BCUT2D eigenvalue weighted by atomic mass is 10.1. The van der Waals surface area contributed by atoms with Crippen molar-refractivity contribution in [3.63, 3.8) is 0 Å². The van der Waals surface area contributed by atoms with E-state index in [-0.39, 0.29) is 22.4 Å². The summed E-state index contributed by atoms with van der Waals surface area (Å²) in [6.07, 6.45) is 0. The fourth-order valence-corrected chi connectivity index (χ4v) is 3.67. The molecule has 2 aromatic rings. The first-order chi connectivity index (χ1) is 10.4. The molecule has 0 saturated heterocycles. The number of nitrogens with zero attached hydrogens (tertiary/aromatic N) is 1. The van der Waals surface area contributed by atoms with Gasteiger partial charge in [-0.2, -0.15) is 0 Å². The molecule has 0 aliphatic heterocycles. The number of hydrogen-bond acceptors (Lipinski definition) is 4. The van der Waals surface area contributed by atoms with Crippen molar-refractivity contribution < 1.29 is 14.6 Å². The second-order valence-corrected chi connectivity index (χ2v) is 7.56. The van der Waals surface area contributed by atoms with Gasteiger partial charge < -0.3 is 14.7 Å². The van der Waals surface area contributed by atoms with Crippen molar-refractivity contribution >= 4 is 44.8 Å². The highest BCUT2D eigenvalue weighted by atomic mass is 79.9. The number of benzene rings is 1. The average Bonchev–Trinajstić information content (AvgIpc) is 2.88. The summed E-state index contributed by atoms with van der Waals surface area (Å²) < 4.78 is 6.32. The van der Waals surface area contributed by atoms with Crippen molar-refractivity contribution in [3.8, 4) is 11.5 Å². The van der Waals surface area contributed by atoms with Crippen molar-refractivity contribution in [1.82, 2.24) is 4.90 Å². The quantitative estimate of drug-likeness (QED) is 0.796. The summed E-state index contributed by atoms with van der Waals surface area (Å²) in [5, 5.41) is 9.92. The third kappa shape index (κ3) is 3.94. The minimum atomic E-state index is -0.188. The van der Waals surface area contributed by atoms with E-state index in [2.05, 4.69) is 15.9 Å². The molecule has 1 aromatic carbocycles. The van der Waals surface area contributed by atoms with Crippen LogP contribution in [0.5, 0.6) is 11.5 Å². The second-order valence-electron chi connectivity index (χ2n) is 4.60. The number of aromatic hydroxyl groups is 1. The van der Waals surface area contributed by atoms with E-state index in [1.54, 1.807) is 30.2 Å². The van der Waals surface area contributed by atoms with Crippen molar-refractivity contribution in [1.29, 1.82) is 0 Å². The third-order valence-corrected chi connectivity index (χ3v) is 4.84. The van der Waals surface area contributed by atoms with Crippen LogP contribution in [0.2, 0.25) is 5.02 Å². The van der Waals surface area contributed by atoms with Crippen LogP contribution < -0.4 is 4.74 Å². The Kier molecular flexibility index (Phi) is 5.72. The Morgan fingerprint density at radius 1 is 1.45 bits per heavy atom. The molecule has 1 amide bonds. The van der Waals surface area contributed by atoms with Gasteiger partial charge in [0.1, 0.15) is 0 Å². The maximum absolute atomic E-state index is 12.5. The van der Waals surface area contributed by atoms with E-state index >= 15 is 0 Å². The van der Waals surface area contributed by atoms with Crippen LogP contribution in [-0.2, 0) is 6.54 Å². The highest BCUT2D eigenvalue weighted by molar-refractivity contribution is 9.11. The van der Waals surface area contributed by atoms with Crippen molar-refractivity contribution in [3.05, 3.63) is 43.5 Å². The lowest BCUT2D eigenvalue weighted by Crippen LogP contribution is -2.25. The second kappa shape index (κ2) is 7.35. The van der Waals surface area contributed by atoms with E-state index in [1.165, 1.54) is 12.1 Å². The van der Waals surface area contributed by atoms with E-state index in [1.807, 2.05) is 12.1 Å². The van der Waals surface area contributed by atoms with Crippen LogP contribution in [0.15, 0.2) is 28.1 Å². The van der Waals surface area contributed by atoms with Crippen LogP contribution in [0.4, 0.5) is 0 Å². The van der Waals surface area contributed by atoms with Gasteiger partial charge in [0.2, 0.25) is 0 Å². The van der Waals surface area contributed by atoms with Crippen LogP contribution in [0.25, 0.3) is 0 Å². The van der Waals surface area contributed by atoms with Gasteiger partial charge >= 0.3 is 0 Å². The molecule has 0 bridgehead atoms. The summed E-state index contributed by atoms with van der Waals surface area (Å²) in [5.41, 5.74) is 0.379. The third-order valence-electron chi connectivity index (χ3n) is 2.94. The predicted molar refractivity (Wildman–Crippen MR) is 92.1 cm³/mol. The predicted octanol–water partition coefficient (Wildman–Crippen LogP) is 4.54. The average molecular weight is 405 g/mol. The Bertz CT molecular complexity index is 689. The first-order valence-electron chi connectivity index (χ1n) is 6.57. The first kappa shape index (κ1) is 17.1. The van der Waals surface area contributed by atoms with Gasteiger partial charge in [0.15, 0.2) is 11.5 Å².